The second-order valence-corrected chi connectivity index (χ2v) is 4.81. The van der Waals surface area contributed by atoms with Gasteiger partial charge in [0.25, 0.3) is 0 Å². The predicted octanol–water partition coefficient (Wildman–Crippen LogP) is 3.15. The Bertz CT molecular complexity index is 328. The van der Waals surface area contributed by atoms with E-state index in [1.54, 1.807) is 0 Å². The van der Waals surface area contributed by atoms with Gasteiger partial charge in [-0.15, -0.1) is 0 Å². The normalized spacial score (nSPS) is 21.0. The molecule has 1 aromatic heterocycles. The van der Waals surface area contributed by atoms with Crippen LogP contribution >= 0.6 is 0 Å². The van der Waals surface area contributed by atoms with Crippen molar-refractivity contribution < 1.29 is 0 Å². The quantitative estimate of drug-likeness (QED) is 0.661. The average Bonchev–Trinajstić information content (AvgIpc) is 2.16. The molecular formula is C13H19N. The smallest absolute Gasteiger partial charge is 0.0438 e. The molecule has 0 amide bonds. The summed E-state index contributed by atoms with van der Waals surface area (Å²) in [5.41, 5.74) is 3.99. The highest BCUT2D eigenvalue weighted by Crippen LogP contribution is 2.29. The van der Waals surface area contributed by atoms with Crippen molar-refractivity contribution in [3.63, 3.8) is 0 Å². The Hall–Kier alpha value is -0.850. The Kier molecular flexibility index (Phi) is 2.58. The van der Waals surface area contributed by atoms with Crippen LogP contribution in [0.1, 0.15) is 37.2 Å². The first-order valence-electron chi connectivity index (χ1n) is 5.62. The fourth-order valence-corrected chi connectivity index (χ4v) is 2.32. The van der Waals surface area contributed by atoms with Gasteiger partial charge < -0.3 is 0 Å². The summed E-state index contributed by atoms with van der Waals surface area (Å²) in [6, 6.07) is 4.41. The minimum absolute atomic E-state index is 0.810. The average molecular weight is 189 g/mol. The Morgan fingerprint density at radius 1 is 1.36 bits per heavy atom. The fraction of sp³-hybridized carbons (Fsp3) is 0.615. The van der Waals surface area contributed by atoms with Crippen LogP contribution in [0.2, 0.25) is 0 Å². The molecule has 0 aromatic carbocycles. The molecule has 0 N–H and O–H groups in total. The first kappa shape index (κ1) is 9.70. The third-order valence-electron chi connectivity index (χ3n) is 3.38. The molecule has 0 fully saturated rings. The zero-order valence-corrected chi connectivity index (χ0v) is 9.38. The number of fused-ring (bicyclic) bond motifs is 1. The molecule has 0 radical (unpaired) electrons. The van der Waals surface area contributed by atoms with Crippen molar-refractivity contribution in [2.45, 2.75) is 40.0 Å². The van der Waals surface area contributed by atoms with Gasteiger partial charge in [-0.05, 0) is 49.7 Å². The molecule has 1 heteroatoms. The molecule has 0 bridgehead atoms. The van der Waals surface area contributed by atoms with E-state index in [-0.39, 0.29) is 0 Å². The van der Waals surface area contributed by atoms with Crippen molar-refractivity contribution in [1.82, 2.24) is 4.98 Å². The Balaban J connectivity index is 2.23. The van der Waals surface area contributed by atoms with Crippen molar-refractivity contribution in [3.05, 3.63) is 29.1 Å². The fourth-order valence-electron chi connectivity index (χ4n) is 2.32. The summed E-state index contributed by atoms with van der Waals surface area (Å²) in [4.78, 5) is 4.61. The molecule has 0 aliphatic heterocycles. The first-order chi connectivity index (χ1) is 6.66. The standard InChI is InChI=1S/C13H19N/c1-9(2)11-6-7-13-12(8-11)5-4-10(3)14-13/h4-5,9,11H,6-8H2,1-3H3. The monoisotopic (exact) mass is 189 g/mol. The molecule has 76 valence electrons. The summed E-state index contributed by atoms with van der Waals surface area (Å²) in [7, 11) is 0. The second kappa shape index (κ2) is 3.72. The van der Waals surface area contributed by atoms with Gasteiger partial charge in [0.1, 0.15) is 0 Å². The molecule has 1 heterocycles. The van der Waals surface area contributed by atoms with E-state index >= 15 is 0 Å². The lowest BCUT2D eigenvalue weighted by Gasteiger charge is -2.26. The molecular weight excluding hydrogens is 170 g/mol. The van der Waals surface area contributed by atoms with E-state index in [1.165, 1.54) is 30.5 Å². The van der Waals surface area contributed by atoms with Crippen molar-refractivity contribution in [2.75, 3.05) is 0 Å². The highest BCUT2D eigenvalue weighted by Gasteiger charge is 2.21. The number of rotatable bonds is 1. The summed E-state index contributed by atoms with van der Waals surface area (Å²) in [5, 5.41) is 0. The number of hydrogen-bond acceptors (Lipinski definition) is 1. The van der Waals surface area contributed by atoms with Crippen LogP contribution in [0, 0.1) is 18.8 Å². The van der Waals surface area contributed by atoms with Crippen LogP contribution in [0.25, 0.3) is 0 Å². The molecule has 1 nitrogen and oxygen atoms in total. The molecule has 0 saturated heterocycles. The van der Waals surface area contributed by atoms with Crippen molar-refractivity contribution >= 4 is 0 Å². The number of pyridine rings is 1. The van der Waals surface area contributed by atoms with E-state index < -0.39 is 0 Å². The second-order valence-electron chi connectivity index (χ2n) is 4.81. The van der Waals surface area contributed by atoms with E-state index in [2.05, 4.69) is 37.9 Å². The first-order valence-corrected chi connectivity index (χ1v) is 5.62. The number of aryl methyl sites for hydroxylation is 2. The van der Waals surface area contributed by atoms with Gasteiger partial charge >= 0.3 is 0 Å². The minimum atomic E-state index is 0.810. The summed E-state index contributed by atoms with van der Waals surface area (Å²) in [5.74, 6) is 1.68. The van der Waals surface area contributed by atoms with Gasteiger partial charge in [-0.25, -0.2) is 0 Å². The summed E-state index contributed by atoms with van der Waals surface area (Å²) in [6.45, 7) is 6.74. The third kappa shape index (κ3) is 1.82. The molecule has 1 atom stereocenters. The van der Waals surface area contributed by atoms with E-state index in [4.69, 9.17) is 0 Å². The zero-order chi connectivity index (χ0) is 10.1. The van der Waals surface area contributed by atoms with E-state index in [9.17, 15) is 0 Å². The molecule has 0 spiro atoms. The Morgan fingerprint density at radius 2 is 2.14 bits per heavy atom. The van der Waals surface area contributed by atoms with Gasteiger partial charge in [0.2, 0.25) is 0 Å². The van der Waals surface area contributed by atoms with E-state index in [1.807, 2.05) is 0 Å². The van der Waals surface area contributed by atoms with Crippen molar-refractivity contribution in [1.29, 1.82) is 0 Å². The highest BCUT2D eigenvalue weighted by atomic mass is 14.7. The minimum Gasteiger partial charge on any atom is -0.258 e. The molecule has 1 unspecified atom stereocenters. The van der Waals surface area contributed by atoms with Crippen LogP contribution in [0.15, 0.2) is 12.1 Å². The molecule has 2 rings (SSSR count). The summed E-state index contributed by atoms with van der Waals surface area (Å²) >= 11 is 0. The SMILES string of the molecule is Cc1ccc2c(n1)CCC(C(C)C)C2. The number of hydrogen-bond donors (Lipinski definition) is 0. The van der Waals surface area contributed by atoms with Crippen LogP contribution in [-0.2, 0) is 12.8 Å². The largest absolute Gasteiger partial charge is 0.258 e. The van der Waals surface area contributed by atoms with Crippen LogP contribution in [-0.4, -0.2) is 4.98 Å². The Labute approximate surface area is 86.6 Å². The van der Waals surface area contributed by atoms with Gasteiger partial charge in [-0.3, -0.25) is 4.98 Å². The van der Waals surface area contributed by atoms with Gasteiger partial charge in [-0.1, -0.05) is 19.9 Å². The maximum atomic E-state index is 4.61. The summed E-state index contributed by atoms with van der Waals surface area (Å²) < 4.78 is 0. The number of nitrogens with zero attached hydrogens (tertiary/aromatic N) is 1. The lowest BCUT2D eigenvalue weighted by molar-refractivity contribution is 0.340. The third-order valence-corrected chi connectivity index (χ3v) is 3.38. The predicted molar refractivity (Wildman–Crippen MR) is 59.3 cm³/mol. The zero-order valence-electron chi connectivity index (χ0n) is 9.38. The lowest BCUT2D eigenvalue weighted by atomic mass is 9.80. The lowest BCUT2D eigenvalue weighted by Crippen LogP contribution is -2.20. The van der Waals surface area contributed by atoms with Gasteiger partial charge in [-0.2, -0.15) is 0 Å². The maximum absolute atomic E-state index is 4.61. The van der Waals surface area contributed by atoms with Crippen LogP contribution in [0.3, 0.4) is 0 Å². The molecule has 1 aromatic rings. The highest BCUT2D eigenvalue weighted by molar-refractivity contribution is 5.25. The van der Waals surface area contributed by atoms with Crippen molar-refractivity contribution in [3.8, 4) is 0 Å². The van der Waals surface area contributed by atoms with Crippen LogP contribution in [0.5, 0.6) is 0 Å². The number of aromatic nitrogens is 1. The van der Waals surface area contributed by atoms with Crippen LogP contribution < -0.4 is 0 Å². The van der Waals surface area contributed by atoms with Gasteiger partial charge in [0.15, 0.2) is 0 Å². The van der Waals surface area contributed by atoms with Crippen molar-refractivity contribution in [2.24, 2.45) is 11.8 Å². The Morgan fingerprint density at radius 3 is 2.86 bits per heavy atom. The molecule has 0 saturated carbocycles. The van der Waals surface area contributed by atoms with Gasteiger partial charge in [0.05, 0.1) is 0 Å². The van der Waals surface area contributed by atoms with E-state index in [0.29, 0.717) is 0 Å². The molecule has 1 aliphatic rings. The molecule has 14 heavy (non-hydrogen) atoms. The van der Waals surface area contributed by atoms with Crippen LogP contribution in [0.4, 0.5) is 0 Å². The van der Waals surface area contributed by atoms with Gasteiger partial charge in [0, 0.05) is 11.4 Å². The van der Waals surface area contributed by atoms with E-state index in [0.717, 1.165) is 17.5 Å². The summed E-state index contributed by atoms with van der Waals surface area (Å²) in [6.07, 6.45) is 3.74. The maximum Gasteiger partial charge on any atom is 0.0438 e. The topological polar surface area (TPSA) is 12.9 Å². The molecule has 1 aliphatic carbocycles.